The summed E-state index contributed by atoms with van der Waals surface area (Å²) < 4.78 is 27.9. The Balaban J connectivity index is 2.14. The summed E-state index contributed by atoms with van der Waals surface area (Å²) in [5.74, 6) is -6.07. The normalized spacial score (nSPS) is 22.2. The fraction of sp³-hybridized carbons (Fsp3) is 0.167. The fourth-order valence-electron chi connectivity index (χ4n) is 2.81. The molecule has 3 rings (SSSR count). The van der Waals surface area contributed by atoms with Gasteiger partial charge in [-0.1, -0.05) is 54.1 Å². The second kappa shape index (κ2) is 5.78. The molecule has 0 aliphatic heterocycles. The van der Waals surface area contributed by atoms with E-state index in [1.165, 1.54) is 0 Å². The zero-order valence-electron chi connectivity index (χ0n) is 12.0. The van der Waals surface area contributed by atoms with Gasteiger partial charge in [-0.2, -0.15) is 8.78 Å². The van der Waals surface area contributed by atoms with Gasteiger partial charge in [0.25, 0.3) is 0 Å². The van der Waals surface area contributed by atoms with E-state index in [0.29, 0.717) is 16.1 Å². The first-order valence-electron chi connectivity index (χ1n) is 7.07. The average Bonchev–Trinajstić information content (AvgIpc) is 2.78. The molecule has 0 saturated heterocycles. The summed E-state index contributed by atoms with van der Waals surface area (Å²) in [5, 5.41) is 10.9. The summed E-state index contributed by atoms with van der Waals surface area (Å²) in [5.41, 5.74) is 0.619. The van der Waals surface area contributed by atoms with E-state index in [2.05, 4.69) is 0 Å². The van der Waals surface area contributed by atoms with Crippen LogP contribution in [0.25, 0.3) is 5.76 Å². The van der Waals surface area contributed by atoms with Crippen molar-refractivity contribution in [3.05, 3.63) is 76.3 Å². The van der Waals surface area contributed by atoms with Crippen LogP contribution in [0.4, 0.5) is 8.78 Å². The number of rotatable bonds is 2. The number of carbonyl (C=O) groups excluding carboxylic acids is 1. The van der Waals surface area contributed by atoms with Gasteiger partial charge in [-0.25, -0.2) is 0 Å². The van der Waals surface area contributed by atoms with Crippen molar-refractivity contribution in [1.82, 2.24) is 0 Å². The predicted molar refractivity (Wildman–Crippen MR) is 84.8 cm³/mol. The van der Waals surface area contributed by atoms with Crippen LogP contribution in [0.15, 0.2) is 60.2 Å². The summed E-state index contributed by atoms with van der Waals surface area (Å²) in [6.45, 7) is 0. The molecule has 1 aliphatic rings. The van der Waals surface area contributed by atoms with Crippen LogP contribution in [-0.4, -0.2) is 16.8 Å². The molecule has 1 saturated carbocycles. The van der Waals surface area contributed by atoms with Crippen molar-refractivity contribution in [2.45, 2.75) is 18.3 Å². The van der Waals surface area contributed by atoms with E-state index in [9.17, 15) is 18.7 Å². The first-order chi connectivity index (χ1) is 10.9. The van der Waals surface area contributed by atoms with Crippen LogP contribution in [0, 0.1) is 0 Å². The Morgan fingerprint density at radius 2 is 1.70 bits per heavy atom. The summed E-state index contributed by atoms with van der Waals surface area (Å²) >= 11 is 5.82. The third kappa shape index (κ3) is 2.86. The first-order valence-corrected chi connectivity index (χ1v) is 7.44. The summed E-state index contributed by atoms with van der Waals surface area (Å²) in [4.78, 5) is 12.1. The highest BCUT2D eigenvalue weighted by Gasteiger charge is 2.53. The number of hydrogen-bond donors (Lipinski definition) is 1. The van der Waals surface area contributed by atoms with Gasteiger partial charge in [0.15, 0.2) is 0 Å². The number of aliphatic hydroxyl groups excluding tert-OH is 1. The van der Waals surface area contributed by atoms with E-state index in [1.807, 2.05) is 0 Å². The number of carbonyl (C=O) groups is 1. The SMILES string of the molecule is O=C1/C(=C(/O)c2ccccc2)C(c2ccc(Cl)cc2)CC1(F)F. The predicted octanol–water partition coefficient (Wildman–Crippen LogP) is 5.00. The lowest BCUT2D eigenvalue weighted by molar-refractivity contribution is -0.135. The van der Waals surface area contributed by atoms with Gasteiger partial charge < -0.3 is 5.11 Å². The number of halogens is 3. The Labute approximate surface area is 137 Å². The highest BCUT2D eigenvalue weighted by molar-refractivity contribution is 6.30. The Morgan fingerprint density at radius 1 is 1.09 bits per heavy atom. The quantitative estimate of drug-likeness (QED) is 0.619. The fourth-order valence-corrected chi connectivity index (χ4v) is 2.94. The molecule has 1 unspecified atom stereocenters. The largest absolute Gasteiger partial charge is 0.507 e. The molecule has 0 spiro atoms. The number of aliphatic hydroxyl groups is 1. The van der Waals surface area contributed by atoms with Crippen LogP contribution in [0.1, 0.15) is 23.5 Å². The molecule has 2 nitrogen and oxygen atoms in total. The molecule has 2 aromatic carbocycles. The zero-order chi connectivity index (χ0) is 16.6. The molecule has 1 fully saturated rings. The van der Waals surface area contributed by atoms with Crippen molar-refractivity contribution >= 4 is 23.1 Å². The van der Waals surface area contributed by atoms with Gasteiger partial charge in [0, 0.05) is 22.9 Å². The molecular weight excluding hydrogens is 322 g/mol. The van der Waals surface area contributed by atoms with Crippen molar-refractivity contribution < 1.29 is 18.7 Å². The van der Waals surface area contributed by atoms with Gasteiger partial charge in [-0.3, -0.25) is 4.79 Å². The maximum atomic E-state index is 14.0. The maximum absolute atomic E-state index is 14.0. The Hall–Kier alpha value is -2.20. The van der Waals surface area contributed by atoms with Crippen LogP contribution in [0.2, 0.25) is 5.02 Å². The number of ketones is 1. The summed E-state index contributed by atoms with van der Waals surface area (Å²) in [7, 11) is 0. The molecule has 0 bridgehead atoms. The van der Waals surface area contributed by atoms with Crippen molar-refractivity contribution in [1.29, 1.82) is 0 Å². The third-order valence-electron chi connectivity index (χ3n) is 3.96. The van der Waals surface area contributed by atoms with E-state index in [1.54, 1.807) is 54.6 Å². The van der Waals surface area contributed by atoms with Crippen molar-refractivity contribution in [3.63, 3.8) is 0 Å². The van der Waals surface area contributed by atoms with E-state index in [0.717, 1.165) is 0 Å². The lowest BCUT2D eigenvalue weighted by Crippen LogP contribution is -2.22. The number of allylic oxidation sites excluding steroid dienone is 1. The second-order valence-corrected chi connectivity index (χ2v) is 5.91. The zero-order valence-corrected chi connectivity index (χ0v) is 12.7. The molecule has 5 heteroatoms. The van der Waals surface area contributed by atoms with Crippen molar-refractivity contribution in [2.24, 2.45) is 0 Å². The number of Topliss-reactive ketones (excluding diaryl/α,β-unsaturated/α-hetero) is 1. The van der Waals surface area contributed by atoms with Gasteiger partial charge in [0.2, 0.25) is 5.78 Å². The summed E-state index contributed by atoms with van der Waals surface area (Å²) in [6, 6.07) is 14.6. The number of benzene rings is 2. The molecular formula is C18H13ClF2O2. The van der Waals surface area contributed by atoms with Gasteiger partial charge in [-0.05, 0) is 17.7 Å². The van der Waals surface area contributed by atoms with Gasteiger partial charge >= 0.3 is 5.92 Å². The average molecular weight is 335 g/mol. The van der Waals surface area contributed by atoms with E-state index >= 15 is 0 Å². The summed E-state index contributed by atoms with van der Waals surface area (Å²) in [6.07, 6.45) is -0.653. The smallest absolute Gasteiger partial charge is 0.310 e. The lowest BCUT2D eigenvalue weighted by atomic mass is 9.91. The van der Waals surface area contributed by atoms with Gasteiger partial charge in [0.1, 0.15) is 5.76 Å². The molecule has 1 atom stereocenters. The van der Waals surface area contributed by atoms with E-state index in [4.69, 9.17) is 11.6 Å². The third-order valence-corrected chi connectivity index (χ3v) is 4.21. The Morgan fingerprint density at radius 3 is 2.30 bits per heavy atom. The molecule has 1 N–H and O–H groups in total. The highest BCUT2D eigenvalue weighted by Crippen LogP contribution is 2.47. The van der Waals surface area contributed by atoms with Crippen LogP contribution in [-0.2, 0) is 4.79 Å². The molecule has 0 radical (unpaired) electrons. The molecule has 0 amide bonds. The van der Waals surface area contributed by atoms with Crippen LogP contribution in [0.5, 0.6) is 0 Å². The first kappa shape index (κ1) is 15.7. The lowest BCUT2D eigenvalue weighted by Gasteiger charge is -2.13. The molecule has 0 aromatic heterocycles. The van der Waals surface area contributed by atoms with Crippen LogP contribution < -0.4 is 0 Å². The molecule has 2 aromatic rings. The van der Waals surface area contributed by atoms with E-state index < -0.39 is 29.8 Å². The molecule has 118 valence electrons. The topological polar surface area (TPSA) is 37.3 Å². The second-order valence-electron chi connectivity index (χ2n) is 5.47. The van der Waals surface area contributed by atoms with E-state index in [-0.39, 0.29) is 5.57 Å². The highest BCUT2D eigenvalue weighted by atomic mass is 35.5. The van der Waals surface area contributed by atoms with Crippen LogP contribution >= 0.6 is 11.6 Å². The van der Waals surface area contributed by atoms with Gasteiger partial charge in [0.05, 0.1) is 5.57 Å². The minimum absolute atomic E-state index is 0.247. The molecule has 1 aliphatic carbocycles. The van der Waals surface area contributed by atoms with Crippen molar-refractivity contribution in [2.75, 3.05) is 0 Å². The van der Waals surface area contributed by atoms with Crippen LogP contribution in [0.3, 0.4) is 0 Å². The monoisotopic (exact) mass is 334 g/mol. The number of hydrogen-bond acceptors (Lipinski definition) is 2. The standard InChI is InChI=1S/C18H13ClF2O2/c19-13-8-6-11(7-9-13)14-10-18(20,21)17(23)15(14)16(22)12-4-2-1-3-5-12/h1-9,14,22H,10H2/b16-15+. The Bertz CT molecular complexity index is 767. The van der Waals surface area contributed by atoms with Gasteiger partial charge in [-0.15, -0.1) is 0 Å². The maximum Gasteiger partial charge on any atom is 0.310 e. The minimum Gasteiger partial charge on any atom is -0.507 e. The molecule has 23 heavy (non-hydrogen) atoms. The number of alkyl halides is 2. The Kier molecular flexibility index (Phi) is 3.94. The molecule has 0 heterocycles. The van der Waals surface area contributed by atoms with Crippen molar-refractivity contribution in [3.8, 4) is 0 Å². The minimum atomic E-state index is -3.48.